The molecule has 2 heterocycles. The Balaban J connectivity index is 0.00000392. The van der Waals surface area contributed by atoms with Gasteiger partial charge in [-0.3, -0.25) is 14.6 Å². The average Bonchev–Trinajstić information content (AvgIpc) is 2.67. The second-order valence-corrected chi connectivity index (χ2v) is 7.61. The summed E-state index contributed by atoms with van der Waals surface area (Å²) >= 11 is 0. The van der Waals surface area contributed by atoms with E-state index in [0.29, 0.717) is 32.0 Å². The molecule has 1 amide bonds. The lowest BCUT2D eigenvalue weighted by atomic mass is 9.98. The van der Waals surface area contributed by atoms with Crippen LogP contribution in [0.2, 0.25) is 0 Å². The Morgan fingerprint density at radius 1 is 1.11 bits per heavy atom. The lowest BCUT2D eigenvalue weighted by Crippen LogP contribution is -2.48. The number of esters is 1. The van der Waals surface area contributed by atoms with E-state index in [0.717, 1.165) is 51.4 Å². The van der Waals surface area contributed by atoms with E-state index in [9.17, 15) is 9.59 Å². The first-order chi connectivity index (χ1) is 13.0. The molecule has 0 bridgehead atoms. The van der Waals surface area contributed by atoms with Crippen LogP contribution < -0.4 is 5.32 Å². The molecule has 2 unspecified atom stereocenters. The number of nitrogens with zero attached hydrogens (tertiary/aromatic N) is 3. The van der Waals surface area contributed by atoms with Gasteiger partial charge in [0.2, 0.25) is 5.91 Å². The Hall–Kier alpha value is -1.06. The highest BCUT2D eigenvalue weighted by atomic mass is 127. The largest absolute Gasteiger partial charge is 0.466 e. The zero-order chi connectivity index (χ0) is 19.6. The van der Waals surface area contributed by atoms with Gasteiger partial charge < -0.3 is 19.9 Å². The van der Waals surface area contributed by atoms with Gasteiger partial charge in [-0.15, -0.1) is 24.0 Å². The maximum atomic E-state index is 12.4. The average molecular weight is 508 g/mol. The Kier molecular flexibility index (Phi) is 11.8. The van der Waals surface area contributed by atoms with Crippen LogP contribution in [0.5, 0.6) is 0 Å². The van der Waals surface area contributed by atoms with E-state index in [1.165, 1.54) is 6.42 Å². The van der Waals surface area contributed by atoms with Gasteiger partial charge in [-0.25, -0.2) is 0 Å². The molecular weight excluding hydrogens is 471 g/mol. The molecule has 2 fully saturated rings. The summed E-state index contributed by atoms with van der Waals surface area (Å²) in [5.41, 5.74) is 0. The zero-order valence-electron chi connectivity index (χ0n) is 17.6. The molecule has 2 saturated heterocycles. The van der Waals surface area contributed by atoms with Crippen molar-refractivity contribution in [2.45, 2.75) is 52.9 Å². The molecule has 1 N–H and O–H groups in total. The number of aliphatic imine (C=N–C) groups is 1. The molecule has 8 heteroatoms. The first kappa shape index (κ1) is 25.0. The van der Waals surface area contributed by atoms with Crippen molar-refractivity contribution >= 4 is 41.8 Å². The van der Waals surface area contributed by atoms with E-state index in [1.807, 2.05) is 18.7 Å². The van der Waals surface area contributed by atoms with E-state index >= 15 is 0 Å². The van der Waals surface area contributed by atoms with Crippen molar-refractivity contribution in [2.24, 2.45) is 16.8 Å². The summed E-state index contributed by atoms with van der Waals surface area (Å²) in [6.07, 6.45) is 4.56. The Labute approximate surface area is 186 Å². The van der Waals surface area contributed by atoms with E-state index in [4.69, 9.17) is 4.74 Å². The van der Waals surface area contributed by atoms with Gasteiger partial charge in [0.05, 0.1) is 19.1 Å². The third-order valence-electron chi connectivity index (χ3n) is 5.27. The number of halogens is 1. The predicted octanol–water partition coefficient (Wildman–Crippen LogP) is 2.49. The van der Waals surface area contributed by atoms with Gasteiger partial charge >= 0.3 is 5.97 Å². The van der Waals surface area contributed by atoms with Crippen LogP contribution >= 0.6 is 24.0 Å². The molecule has 0 aromatic carbocycles. The number of likely N-dealkylation sites (tertiary alicyclic amines) is 2. The molecular formula is C20H37IN4O3. The zero-order valence-corrected chi connectivity index (χ0v) is 19.9. The number of rotatable bonds is 6. The van der Waals surface area contributed by atoms with Crippen LogP contribution in [0, 0.1) is 11.8 Å². The van der Waals surface area contributed by atoms with Crippen LogP contribution in [0.25, 0.3) is 0 Å². The van der Waals surface area contributed by atoms with Crippen LogP contribution in [0.1, 0.15) is 52.9 Å². The number of carbonyl (C=O) groups is 2. The van der Waals surface area contributed by atoms with Gasteiger partial charge in [0.25, 0.3) is 0 Å². The summed E-state index contributed by atoms with van der Waals surface area (Å²) in [4.78, 5) is 33.3. The van der Waals surface area contributed by atoms with Crippen molar-refractivity contribution in [3.63, 3.8) is 0 Å². The van der Waals surface area contributed by atoms with Gasteiger partial charge in [0.1, 0.15) is 0 Å². The number of nitrogens with one attached hydrogen (secondary N) is 1. The molecule has 2 atom stereocenters. The number of piperidine rings is 2. The maximum Gasteiger partial charge on any atom is 0.310 e. The highest BCUT2D eigenvalue weighted by Crippen LogP contribution is 2.18. The second kappa shape index (κ2) is 13.2. The van der Waals surface area contributed by atoms with Gasteiger partial charge in [-0.2, -0.15) is 0 Å². The molecule has 0 aromatic heterocycles. The highest BCUT2D eigenvalue weighted by molar-refractivity contribution is 14.0. The van der Waals surface area contributed by atoms with Crippen molar-refractivity contribution in [1.29, 1.82) is 0 Å². The van der Waals surface area contributed by atoms with E-state index in [2.05, 4.69) is 22.1 Å². The number of amides is 1. The topological polar surface area (TPSA) is 74.2 Å². The lowest BCUT2D eigenvalue weighted by Gasteiger charge is -2.34. The first-order valence-corrected chi connectivity index (χ1v) is 10.5. The third kappa shape index (κ3) is 7.75. The minimum atomic E-state index is -0.118. The van der Waals surface area contributed by atoms with Crippen LogP contribution in [-0.2, 0) is 14.3 Å². The number of hydrogen-bond acceptors (Lipinski definition) is 4. The number of hydrogen-bond donors (Lipinski definition) is 1. The molecule has 0 spiro atoms. The molecule has 2 aliphatic rings. The lowest BCUT2D eigenvalue weighted by molar-refractivity contribution is -0.149. The maximum absolute atomic E-state index is 12.4. The SMILES string of the molecule is CCNC(=NCCC(=O)N1CCCC(C)C1)N1CCCC(C(=O)OCC)C1.I. The Morgan fingerprint density at radius 3 is 2.50 bits per heavy atom. The fourth-order valence-electron chi connectivity index (χ4n) is 3.88. The van der Waals surface area contributed by atoms with Crippen LogP contribution in [0.3, 0.4) is 0 Å². The van der Waals surface area contributed by atoms with Crippen molar-refractivity contribution < 1.29 is 14.3 Å². The fraction of sp³-hybridized carbons (Fsp3) is 0.850. The summed E-state index contributed by atoms with van der Waals surface area (Å²) in [6, 6.07) is 0. The van der Waals surface area contributed by atoms with E-state index in [1.54, 1.807) is 0 Å². The molecule has 0 saturated carbocycles. The molecule has 162 valence electrons. The normalized spacial score (nSPS) is 23.0. The minimum Gasteiger partial charge on any atom is -0.466 e. The Morgan fingerprint density at radius 2 is 1.82 bits per heavy atom. The standard InChI is InChI=1S/C20H36N4O3.HI/c1-4-21-20(24-13-7-9-17(15-24)19(26)27-5-2)22-11-10-18(25)23-12-6-8-16(3)14-23;/h16-17H,4-15H2,1-3H3,(H,21,22);1H. The van der Waals surface area contributed by atoms with E-state index in [-0.39, 0.29) is 41.8 Å². The quantitative estimate of drug-likeness (QED) is 0.258. The Bertz CT molecular complexity index is 530. The van der Waals surface area contributed by atoms with Crippen LogP contribution in [0.15, 0.2) is 4.99 Å². The summed E-state index contributed by atoms with van der Waals surface area (Å²) in [6.45, 7) is 11.0. The van der Waals surface area contributed by atoms with E-state index < -0.39 is 0 Å². The molecule has 0 aromatic rings. The second-order valence-electron chi connectivity index (χ2n) is 7.61. The molecule has 0 aliphatic carbocycles. The molecule has 7 nitrogen and oxygen atoms in total. The third-order valence-corrected chi connectivity index (χ3v) is 5.27. The fourth-order valence-corrected chi connectivity index (χ4v) is 3.88. The summed E-state index contributed by atoms with van der Waals surface area (Å²) in [5, 5.41) is 3.30. The van der Waals surface area contributed by atoms with Crippen molar-refractivity contribution in [3.8, 4) is 0 Å². The number of ether oxygens (including phenoxy) is 1. The summed E-state index contributed by atoms with van der Waals surface area (Å²) in [5.74, 6) is 1.37. The van der Waals surface area contributed by atoms with Crippen LogP contribution in [-0.4, -0.2) is 73.5 Å². The number of guanidine groups is 1. The smallest absolute Gasteiger partial charge is 0.310 e. The van der Waals surface area contributed by atoms with Gasteiger partial charge in [-0.1, -0.05) is 6.92 Å². The molecule has 2 rings (SSSR count). The summed E-state index contributed by atoms with van der Waals surface area (Å²) < 4.78 is 5.18. The highest BCUT2D eigenvalue weighted by Gasteiger charge is 2.28. The van der Waals surface area contributed by atoms with Gasteiger partial charge in [-0.05, 0) is 45.4 Å². The van der Waals surface area contributed by atoms with Crippen LogP contribution in [0.4, 0.5) is 0 Å². The monoisotopic (exact) mass is 508 g/mol. The first-order valence-electron chi connectivity index (χ1n) is 10.5. The number of carbonyl (C=O) groups excluding carboxylic acids is 2. The van der Waals surface area contributed by atoms with Crippen molar-refractivity contribution in [2.75, 3.05) is 45.9 Å². The molecule has 2 aliphatic heterocycles. The van der Waals surface area contributed by atoms with Crippen molar-refractivity contribution in [3.05, 3.63) is 0 Å². The molecule has 28 heavy (non-hydrogen) atoms. The molecule has 0 radical (unpaired) electrons. The minimum absolute atomic E-state index is 0. The van der Waals surface area contributed by atoms with Crippen molar-refractivity contribution in [1.82, 2.24) is 15.1 Å². The predicted molar refractivity (Wildman–Crippen MR) is 122 cm³/mol. The van der Waals surface area contributed by atoms with Gasteiger partial charge in [0.15, 0.2) is 5.96 Å². The van der Waals surface area contributed by atoms with Gasteiger partial charge in [0, 0.05) is 39.1 Å². The summed E-state index contributed by atoms with van der Waals surface area (Å²) in [7, 11) is 0.